The zero-order valence-electron chi connectivity index (χ0n) is 14.7. The lowest BCUT2D eigenvalue weighted by molar-refractivity contribution is -0.116. The van der Waals surface area contributed by atoms with Crippen LogP contribution in [0.2, 0.25) is 0 Å². The largest absolute Gasteiger partial charge is 0.295 e. The zero-order valence-corrected chi connectivity index (χ0v) is 14.7. The molecule has 2 rings (SSSR count). The molecule has 0 amide bonds. The van der Waals surface area contributed by atoms with Gasteiger partial charge in [0, 0.05) is 12.8 Å². The Hall–Kier alpha value is -1.81. The molecule has 0 bridgehead atoms. The van der Waals surface area contributed by atoms with Crippen molar-refractivity contribution in [1.29, 1.82) is 0 Å². The van der Waals surface area contributed by atoms with Gasteiger partial charge in [-0.2, -0.15) is 0 Å². The molecule has 1 aromatic carbocycles. The van der Waals surface area contributed by atoms with Gasteiger partial charge in [0.2, 0.25) is 0 Å². The third-order valence-corrected chi connectivity index (χ3v) is 4.78. The van der Waals surface area contributed by atoms with Gasteiger partial charge >= 0.3 is 0 Å². The van der Waals surface area contributed by atoms with E-state index in [4.69, 9.17) is 0 Å². The van der Waals surface area contributed by atoms with Crippen molar-refractivity contribution in [2.75, 3.05) is 0 Å². The molecule has 1 aliphatic carbocycles. The van der Waals surface area contributed by atoms with E-state index < -0.39 is 0 Å². The highest BCUT2D eigenvalue weighted by Crippen LogP contribution is 2.44. The summed E-state index contributed by atoms with van der Waals surface area (Å²) in [6, 6.07) is 10.3. The molecule has 0 N–H and O–H groups in total. The van der Waals surface area contributed by atoms with Gasteiger partial charge in [-0.15, -0.1) is 5.92 Å². The lowest BCUT2D eigenvalue weighted by Gasteiger charge is -2.33. The van der Waals surface area contributed by atoms with E-state index in [0.717, 1.165) is 29.6 Å². The van der Waals surface area contributed by atoms with Gasteiger partial charge in [0.25, 0.3) is 0 Å². The van der Waals surface area contributed by atoms with Crippen LogP contribution in [0.15, 0.2) is 35.9 Å². The molecule has 23 heavy (non-hydrogen) atoms. The van der Waals surface area contributed by atoms with E-state index in [9.17, 15) is 4.79 Å². The SMILES string of the molecule is CCCCCCC#CC1(C)CCC(=O)C(C)=C1c1ccccc1. The van der Waals surface area contributed by atoms with E-state index >= 15 is 0 Å². The van der Waals surface area contributed by atoms with E-state index in [1.54, 1.807) is 0 Å². The second kappa shape index (κ2) is 8.16. The van der Waals surface area contributed by atoms with Crippen LogP contribution in [0.3, 0.4) is 0 Å². The first-order valence-electron chi connectivity index (χ1n) is 8.88. The predicted octanol–water partition coefficient (Wildman–Crippen LogP) is 5.80. The van der Waals surface area contributed by atoms with Crippen molar-refractivity contribution in [3.8, 4) is 11.8 Å². The standard InChI is InChI=1S/C22H28O/c1-4-5-6-7-8-12-16-22(3)17-15-20(23)18(2)21(22)19-13-10-9-11-14-19/h9-11,13-14H,4-8,15,17H2,1-3H3. The topological polar surface area (TPSA) is 17.1 Å². The second-order valence-electron chi connectivity index (χ2n) is 6.73. The van der Waals surface area contributed by atoms with E-state index in [1.165, 1.54) is 25.7 Å². The number of allylic oxidation sites excluding steroid dienone is 2. The smallest absolute Gasteiger partial charge is 0.158 e. The number of rotatable bonds is 5. The minimum atomic E-state index is -0.204. The van der Waals surface area contributed by atoms with Gasteiger partial charge in [-0.3, -0.25) is 4.79 Å². The molecule has 1 heteroatoms. The van der Waals surface area contributed by atoms with Crippen molar-refractivity contribution in [2.45, 2.75) is 65.7 Å². The Bertz CT molecular complexity index is 627. The van der Waals surface area contributed by atoms with Gasteiger partial charge in [-0.05, 0) is 43.4 Å². The maximum Gasteiger partial charge on any atom is 0.158 e. The number of carbonyl (C=O) groups excluding carboxylic acids is 1. The Kier molecular flexibility index (Phi) is 6.22. The Balaban J connectivity index is 2.25. The highest BCUT2D eigenvalue weighted by molar-refractivity contribution is 6.05. The zero-order chi connectivity index (χ0) is 16.7. The van der Waals surface area contributed by atoms with Gasteiger partial charge in [0.15, 0.2) is 5.78 Å². The molecule has 1 atom stereocenters. The Morgan fingerprint density at radius 3 is 2.57 bits per heavy atom. The number of benzene rings is 1. The molecule has 0 aliphatic heterocycles. The van der Waals surface area contributed by atoms with Gasteiger partial charge in [0.05, 0.1) is 5.41 Å². The quantitative estimate of drug-likeness (QED) is 0.496. The Morgan fingerprint density at radius 2 is 1.87 bits per heavy atom. The van der Waals surface area contributed by atoms with Gasteiger partial charge < -0.3 is 0 Å². The number of ketones is 1. The fraction of sp³-hybridized carbons (Fsp3) is 0.500. The van der Waals surface area contributed by atoms with Crippen molar-refractivity contribution >= 4 is 11.4 Å². The molecule has 0 radical (unpaired) electrons. The summed E-state index contributed by atoms with van der Waals surface area (Å²) in [5, 5.41) is 0. The summed E-state index contributed by atoms with van der Waals surface area (Å²) in [6.45, 7) is 6.39. The maximum atomic E-state index is 12.2. The highest BCUT2D eigenvalue weighted by Gasteiger charge is 2.35. The van der Waals surface area contributed by atoms with Crippen LogP contribution < -0.4 is 0 Å². The Labute approximate surface area is 141 Å². The van der Waals surface area contributed by atoms with Crippen LogP contribution in [0.4, 0.5) is 0 Å². The summed E-state index contributed by atoms with van der Waals surface area (Å²) >= 11 is 0. The fourth-order valence-electron chi connectivity index (χ4n) is 3.39. The van der Waals surface area contributed by atoms with Crippen LogP contribution in [-0.4, -0.2) is 5.78 Å². The van der Waals surface area contributed by atoms with E-state index in [2.05, 4.69) is 37.8 Å². The molecule has 0 heterocycles. The number of hydrogen-bond acceptors (Lipinski definition) is 1. The molecule has 0 spiro atoms. The van der Waals surface area contributed by atoms with Crippen molar-refractivity contribution in [3.05, 3.63) is 41.5 Å². The molecule has 0 fully saturated rings. The van der Waals surface area contributed by atoms with Gasteiger partial charge in [-0.25, -0.2) is 0 Å². The van der Waals surface area contributed by atoms with Gasteiger partial charge in [0.1, 0.15) is 0 Å². The summed E-state index contributed by atoms with van der Waals surface area (Å²) < 4.78 is 0. The highest BCUT2D eigenvalue weighted by atomic mass is 16.1. The number of Topliss-reactive ketones (excluding diaryl/α,β-unsaturated/α-hetero) is 1. The normalized spacial score (nSPS) is 21.1. The number of carbonyl (C=O) groups is 1. The van der Waals surface area contributed by atoms with Crippen molar-refractivity contribution in [2.24, 2.45) is 5.41 Å². The molecule has 122 valence electrons. The molecule has 1 unspecified atom stereocenters. The minimum Gasteiger partial charge on any atom is -0.295 e. The molecule has 0 aromatic heterocycles. The van der Waals surface area contributed by atoms with Crippen molar-refractivity contribution in [3.63, 3.8) is 0 Å². The van der Waals surface area contributed by atoms with Crippen LogP contribution in [0.25, 0.3) is 5.57 Å². The third kappa shape index (κ3) is 4.35. The minimum absolute atomic E-state index is 0.204. The molecule has 0 saturated heterocycles. The average molecular weight is 308 g/mol. The summed E-state index contributed by atoms with van der Waals surface area (Å²) in [6.07, 6.45) is 7.40. The summed E-state index contributed by atoms with van der Waals surface area (Å²) in [5.74, 6) is 7.18. The second-order valence-corrected chi connectivity index (χ2v) is 6.73. The molecule has 0 saturated carbocycles. The van der Waals surface area contributed by atoms with Crippen LogP contribution >= 0.6 is 0 Å². The lowest BCUT2D eigenvalue weighted by Crippen LogP contribution is -2.26. The fourth-order valence-corrected chi connectivity index (χ4v) is 3.39. The average Bonchev–Trinajstić information content (AvgIpc) is 2.56. The molecular weight excluding hydrogens is 280 g/mol. The predicted molar refractivity (Wildman–Crippen MR) is 97.9 cm³/mol. The van der Waals surface area contributed by atoms with E-state index in [-0.39, 0.29) is 11.2 Å². The molecular formula is C22H28O. The maximum absolute atomic E-state index is 12.2. The van der Waals surface area contributed by atoms with Gasteiger partial charge in [-0.1, -0.05) is 62.4 Å². The van der Waals surface area contributed by atoms with Crippen LogP contribution in [0.5, 0.6) is 0 Å². The van der Waals surface area contributed by atoms with Crippen molar-refractivity contribution in [1.82, 2.24) is 0 Å². The summed E-state index contributed by atoms with van der Waals surface area (Å²) in [5.41, 5.74) is 2.96. The van der Waals surface area contributed by atoms with E-state index in [1.807, 2.05) is 25.1 Å². The first kappa shape index (κ1) is 17.5. The Morgan fingerprint density at radius 1 is 1.13 bits per heavy atom. The van der Waals surface area contributed by atoms with E-state index in [0.29, 0.717) is 6.42 Å². The first-order chi connectivity index (χ1) is 11.1. The van der Waals surface area contributed by atoms with Crippen molar-refractivity contribution < 1.29 is 4.79 Å². The molecule has 1 aromatic rings. The molecule has 1 aliphatic rings. The first-order valence-corrected chi connectivity index (χ1v) is 8.88. The summed E-state index contributed by atoms with van der Waals surface area (Å²) in [7, 11) is 0. The monoisotopic (exact) mass is 308 g/mol. The number of hydrogen-bond donors (Lipinski definition) is 0. The third-order valence-electron chi connectivity index (χ3n) is 4.78. The van der Waals surface area contributed by atoms with Crippen LogP contribution in [0.1, 0.15) is 71.3 Å². The van der Waals surface area contributed by atoms with Crippen LogP contribution in [0, 0.1) is 17.3 Å². The number of unbranched alkanes of at least 4 members (excludes halogenated alkanes) is 4. The van der Waals surface area contributed by atoms with Crippen LogP contribution in [-0.2, 0) is 4.79 Å². The lowest BCUT2D eigenvalue weighted by atomic mass is 9.69. The summed E-state index contributed by atoms with van der Waals surface area (Å²) in [4.78, 5) is 12.2. The molecule has 1 nitrogen and oxygen atoms in total.